The van der Waals surface area contributed by atoms with Crippen molar-refractivity contribution in [2.45, 2.75) is 56.8 Å². The van der Waals surface area contributed by atoms with Crippen LogP contribution in [0, 0.1) is 0 Å². The topological polar surface area (TPSA) is 85.3 Å². The van der Waals surface area contributed by atoms with E-state index in [0.29, 0.717) is 30.0 Å². The molecule has 2 fully saturated rings. The highest BCUT2D eigenvalue weighted by Gasteiger charge is 2.37. The Bertz CT molecular complexity index is 685. The van der Waals surface area contributed by atoms with Crippen LogP contribution in [0.3, 0.4) is 0 Å². The number of benzene rings is 1. The SMILES string of the molecule is COc1ccc(C(=O)N2CC(OC)CC2CC(=O)O)cc1OC1CCCC1. The highest BCUT2D eigenvalue weighted by atomic mass is 16.5. The standard InChI is InChI=1S/C20H27NO6/c1-25-16-10-14(11-19(22)23)21(12-16)20(24)13-7-8-17(26-2)18(9-13)27-15-5-3-4-6-15/h7-9,14-16H,3-6,10-12H2,1-2H3,(H,22,23). The first-order valence-corrected chi connectivity index (χ1v) is 9.42. The Kier molecular flexibility index (Phi) is 6.21. The van der Waals surface area contributed by atoms with Crippen molar-refractivity contribution in [2.75, 3.05) is 20.8 Å². The number of methoxy groups -OCH3 is 2. The van der Waals surface area contributed by atoms with Gasteiger partial charge >= 0.3 is 5.97 Å². The molecule has 1 aliphatic carbocycles. The average molecular weight is 377 g/mol. The number of hydrogen-bond acceptors (Lipinski definition) is 5. The summed E-state index contributed by atoms with van der Waals surface area (Å²) < 4.78 is 16.8. The highest BCUT2D eigenvalue weighted by molar-refractivity contribution is 5.95. The van der Waals surface area contributed by atoms with E-state index in [1.807, 2.05) is 0 Å². The van der Waals surface area contributed by atoms with Crippen molar-refractivity contribution in [3.8, 4) is 11.5 Å². The number of amides is 1. The molecule has 7 nitrogen and oxygen atoms in total. The summed E-state index contributed by atoms with van der Waals surface area (Å²) in [5.74, 6) is 0.0264. The lowest BCUT2D eigenvalue weighted by atomic mass is 10.1. The van der Waals surface area contributed by atoms with E-state index in [1.165, 1.54) is 0 Å². The summed E-state index contributed by atoms with van der Waals surface area (Å²) >= 11 is 0. The zero-order valence-electron chi connectivity index (χ0n) is 15.8. The zero-order chi connectivity index (χ0) is 19.4. The molecule has 27 heavy (non-hydrogen) atoms. The van der Waals surface area contributed by atoms with Crippen LogP contribution in [0.1, 0.15) is 48.9 Å². The van der Waals surface area contributed by atoms with E-state index in [1.54, 1.807) is 37.3 Å². The molecular formula is C20H27NO6. The van der Waals surface area contributed by atoms with Gasteiger partial charge in [0, 0.05) is 25.3 Å². The number of aliphatic carboxylic acids is 1. The Balaban J connectivity index is 1.81. The summed E-state index contributed by atoms with van der Waals surface area (Å²) in [5, 5.41) is 9.16. The quantitative estimate of drug-likeness (QED) is 0.786. The Labute approximate surface area is 159 Å². The van der Waals surface area contributed by atoms with Gasteiger partial charge in [0.15, 0.2) is 11.5 Å². The fourth-order valence-corrected chi connectivity index (χ4v) is 3.94. The molecule has 3 rings (SSSR count). The molecule has 1 aromatic carbocycles. The third-order valence-electron chi connectivity index (χ3n) is 5.39. The maximum Gasteiger partial charge on any atom is 0.305 e. The predicted octanol–water partition coefficient (Wildman–Crippen LogP) is 2.72. The molecule has 1 amide bonds. The lowest BCUT2D eigenvalue weighted by Gasteiger charge is -2.24. The third-order valence-corrected chi connectivity index (χ3v) is 5.39. The Morgan fingerprint density at radius 1 is 1.15 bits per heavy atom. The van der Waals surface area contributed by atoms with E-state index in [2.05, 4.69) is 0 Å². The fourth-order valence-electron chi connectivity index (χ4n) is 3.94. The number of likely N-dealkylation sites (tertiary alicyclic amines) is 1. The van der Waals surface area contributed by atoms with Gasteiger partial charge in [-0.3, -0.25) is 9.59 Å². The fraction of sp³-hybridized carbons (Fsp3) is 0.600. The molecule has 0 bridgehead atoms. The average Bonchev–Trinajstić information content (AvgIpc) is 3.30. The van der Waals surface area contributed by atoms with Crippen LogP contribution in [0.5, 0.6) is 11.5 Å². The molecule has 1 aromatic rings. The van der Waals surface area contributed by atoms with Gasteiger partial charge in [0.25, 0.3) is 5.91 Å². The summed E-state index contributed by atoms with van der Waals surface area (Å²) in [6.45, 7) is 0.387. The van der Waals surface area contributed by atoms with Crippen molar-refractivity contribution in [3.63, 3.8) is 0 Å². The van der Waals surface area contributed by atoms with E-state index < -0.39 is 5.97 Å². The highest BCUT2D eigenvalue weighted by Crippen LogP contribution is 2.33. The number of nitrogens with zero attached hydrogens (tertiary/aromatic N) is 1. The van der Waals surface area contributed by atoms with Gasteiger partial charge < -0.3 is 24.2 Å². The summed E-state index contributed by atoms with van der Waals surface area (Å²) in [6.07, 6.45) is 4.74. The van der Waals surface area contributed by atoms with E-state index in [0.717, 1.165) is 25.7 Å². The predicted molar refractivity (Wildman–Crippen MR) is 98.4 cm³/mol. The lowest BCUT2D eigenvalue weighted by Crippen LogP contribution is -2.37. The van der Waals surface area contributed by atoms with Crippen LogP contribution in [0.2, 0.25) is 0 Å². The number of rotatable bonds is 7. The van der Waals surface area contributed by atoms with Gasteiger partial charge in [0.05, 0.1) is 25.7 Å². The van der Waals surface area contributed by atoms with Crippen molar-refractivity contribution in [1.82, 2.24) is 4.90 Å². The summed E-state index contributed by atoms with van der Waals surface area (Å²) in [5.41, 5.74) is 0.468. The van der Waals surface area contributed by atoms with Crippen LogP contribution in [0.4, 0.5) is 0 Å². The zero-order valence-corrected chi connectivity index (χ0v) is 15.8. The monoisotopic (exact) mass is 377 g/mol. The minimum Gasteiger partial charge on any atom is -0.493 e. The second-order valence-corrected chi connectivity index (χ2v) is 7.19. The number of hydrogen-bond donors (Lipinski definition) is 1. The van der Waals surface area contributed by atoms with Crippen molar-refractivity contribution in [2.24, 2.45) is 0 Å². The Morgan fingerprint density at radius 3 is 2.52 bits per heavy atom. The van der Waals surface area contributed by atoms with E-state index in [4.69, 9.17) is 19.3 Å². The molecule has 2 unspecified atom stereocenters. The largest absolute Gasteiger partial charge is 0.493 e. The molecule has 148 valence electrons. The number of ether oxygens (including phenoxy) is 3. The van der Waals surface area contributed by atoms with Crippen molar-refractivity contribution in [3.05, 3.63) is 23.8 Å². The molecule has 0 radical (unpaired) electrons. The molecule has 2 aliphatic rings. The van der Waals surface area contributed by atoms with Gasteiger partial charge in [0.2, 0.25) is 0 Å². The first-order chi connectivity index (χ1) is 13.0. The van der Waals surface area contributed by atoms with Crippen LogP contribution in [-0.2, 0) is 9.53 Å². The Hall–Kier alpha value is -2.28. The summed E-state index contributed by atoms with van der Waals surface area (Å²) in [4.78, 5) is 25.8. The van der Waals surface area contributed by atoms with Crippen molar-refractivity contribution < 1.29 is 28.9 Å². The maximum absolute atomic E-state index is 13.1. The minimum atomic E-state index is -0.922. The van der Waals surface area contributed by atoms with E-state index in [-0.39, 0.29) is 30.6 Å². The van der Waals surface area contributed by atoms with Crippen LogP contribution in [0.25, 0.3) is 0 Å². The van der Waals surface area contributed by atoms with Gasteiger partial charge in [-0.1, -0.05) is 0 Å². The van der Waals surface area contributed by atoms with E-state index >= 15 is 0 Å². The van der Waals surface area contributed by atoms with Gasteiger partial charge in [-0.05, 0) is 50.3 Å². The Morgan fingerprint density at radius 2 is 1.89 bits per heavy atom. The molecule has 2 atom stereocenters. The molecular weight excluding hydrogens is 350 g/mol. The number of carbonyl (C=O) groups is 2. The lowest BCUT2D eigenvalue weighted by molar-refractivity contribution is -0.138. The second-order valence-electron chi connectivity index (χ2n) is 7.19. The summed E-state index contributed by atoms with van der Waals surface area (Å²) in [7, 11) is 3.16. The molecule has 1 N–H and O–H groups in total. The maximum atomic E-state index is 13.1. The smallest absolute Gasteiger partial charge is 0.305 e. The van der Waals surface area contributed by atoms with Crippen LogP contribution in [0.15, 0.2) is 18.2 Å². The van der Waals surface area contributed by atoms with Crippen molar-refractivity contribution >= 4 is 11.9 Å². The molecule has 1 heterocycles. The number of carboxylic acid groups (broad SMARTS) is 1. The van der Waals surface area contributed by atoms with Crippen molar-refractivity contribution in [1.29, 1.82) is 0 Å². The molecule has 1 saturated carbocycles. The second kappa shape index (κ2) is 8.61. The first-order valence-electron chi connectivity index (χ1n) is 9.42. The summed E-state index contributed by atoms with van der Waals surface area (Å²) in [6, 6.07) is 4.76. The van der Waals surface area contributed by atoms with E-state index in [9.17, 15) is 9.59 Å². The van der Waals surface area contributed by atoms with Gasteiger partial charge in [0.1, 0.15) is 0 Å². The van der Waals surface area contributed by atoms with Crippen LogP contribution < -0.4 is 9.47 Å². The van der Waals surface area contributed by atoms with Gasteiger partial charge in [-0.2, -0.15) is 0 Å². The molecule has 7 heteroatoms. The first kappa shape index (κ1) is 19.5. The number of carbonyl (C=O) groups excluding carboxylic acids is 1. The molecule has 0 aromatic heterocycles. The minimum absolute atomic E-state index is 0.0901. The third kappa shape index (κ3) is 4.53. The molecule has 1 saturated heterocycles. The number of carboxylic acids is 1. The normalized spacial score (nSPS) is 22.8. The van der Waals surface area contributed by atoms with Crippen LogP contribution in [-0.4, -0.2) is 60.9 Å². The molecule has 1 aliphatic heterocycles. The van der Waals surface area contributed by atoms with Gasteiger partial charge in [-0.25, -0.2) is 0 Å². The van der Waals surface area contributed by atoms with Gasteiger partial charge in [-0.15, -0.1) is 0 Å². The van der Waals surface area contributed by atoms with Crippen LogP contribution >= 0.6 is 0 Å². The molecule has 0 spiro atoms.